The van der Waals surface area contributed by atoms with Crippen molar-refractivity contribution in [2.24, 2.45) is 0 Å². The molecule has 1 heterocycles. The number of halogens is 2. The topological polar surface area (TPSA) is 108 Å². The molecule has 7 nitrogen and oxygen atoms in total. The Morgan fingerprint density at radius 2 is 2.15 bits per heavy atom. The number of rotatable bonds is 5. The molecule has 1 saturated heterocycles. The second-order valence-corrected chi connectivity index (χ2v) is 8.95. The Morgan fingerprint density at radius 1 is 1.46 bits per heavy atom. The molecule has 1 saturated carbocycles. The summed E-state index contributed by atoms with van der Waals surface area (Å²) in [4.78, 5) is 12.3. The van der Waals surface area contributed by atoms with E-state index in [1.807, 2.05) is 0 Å². The third-order valence-corrected chi connectivity index (χ3v) is 7.25. The molecule has 2 fully saturated rings. The van der Waals surface area contributed by atoms with Gasteiger partial charge >= 0.3 is 0 Å². The molecule has 3 rings (SSSR count). The monoisotopic (exact) mass is 419 g/mol. The lowest BCUT2D eigenvalue weighted by Gasteiger charge is -2.15. The van der Waals surface area contributed by atoms with E-state index in [4.69, 9.17) is 21.6 Å². The van der Waals surface area contributed by atoms with Crippen molar-refractivity contribution in [1.82, 2.24) is 10.6 Å². The Labute approximate surface area is 163 Å². The van der Waals surface area contributed by atoms with E-state index in [1.165, 1.54) is 25.3 Å². The second-order valence-electron chi connectivity index (χ2n) is 6.34. The zero-order chi connectivity index (χ0) is 18.2. The van der Waals surface area contributed by atoms with Crippen molar-refractivity contribution >= 4 is 39.8 Å². The van der Waals surface area contributed by atoms with Gasteiger partial charge in [0.2, 0.25) is 5.91 Å². The molecule has 1 aliphatic carbocycles. The molecule has 1 aromatic carbocycles. The maximum absolute atomic E-state index is 12.8. The third-order valence-electron chi connectivity index (χ3n) is 4.62. The van der Waals surface area contributed by atoms with E-state index in [0.29, 0.717) is 18.6 Å². The Morgan fingerprint density at radius 3 is 2.69 bits per heavy atom. The summed E-state index contributed by atoms with van der Waals surface area (Å²) in [5.74, 6) is 0.134. The van der Waals surface area contributed by atoms with Crippen molar-refractivity contribution in [3.8, 4) is 11.8 Å². The average Bonchev–Trinajstić information content (AvgIpc) is 3.17. The summed E-state index contributed by atoms with van der Waals surface area (Å²) in [5.41, 5.74) is -0.769. The number of nitrogens with one attached hydrogen (secondary N) is 2. The standard InChI is InChI=1S/C16H18ClN3O4S.ClH/c1-24-10-2-3-14(12(17)6-10)25(22,23)11-7-13(19-8-11)15(21)20-16(9-18)4-5-16;/h2-3,6,11,13,19H,4-5,7-8H2,1H3,(H,20,21);1H/t11-,13+;/m1./s1. The van der Waals surface area contributed by atoms with Crippen LogP contribution in [0.15, 0.2) is 23.1 Å². The van der Waals surface area contributed by atoms with Gasteiger partial charge in [-0.05, 0) is 31.4 Å². The Kier molecular flexibility index (Phi) is 6.08. The first-order valence-corrected chi connectivity index (χ1v) is 9.78. The van der Waals surface area contributed by atoms with E-state index in [-0.39, 0.29) is 41.2 Å². The molecule has 26 heavy (non-hydrogen) atoms. The maximum atomic E-state index is 12.8. The van der Waals surface area contributed by atoms with Gasteiger partial charge in [0.25, 0.3) is 0 Å². The predicted octanol–water partition coefficient (Wildman–Crippen LogP) is 1.45. The molecular weight excluding hydrogens is 401 g/mol. The number of benzene rings is 1. The first-order chi connectivity index (χ1) is 11.8. The van der Waals surface area contributed by atoms with Crippen molar-refractivity contribution in [3.05, 3.63) is 23.2 Å². The van der Waals surface area contributed by atoms with Crippen molar-refractivity contribution < 1.29 is 17.9 Å². The molecular formula is C16H19Cl2N3O4S. The van der Waals surface area contributed by atoms with Crippen molar-refractivity contribution in [3.63, 3.8) is 0 Å². The lowest BCUT2D eigenvalue weighted by molar-refractivity contribution is -0.123. The van der Waals surface area contributed by atoms with Crippen LogP contribution in [0.4, 0.5) is 0 Å². The number of hydrogen-bond donors (Lipinski definition) is 2. The first kappa shape index (κ1) is 20.8. The molecule has 1 aliphatic heterocycles. The van der Waals surface area contributed by atoms with Crippen LogP contribution in [0.1, 0.15) is 19.3 Å². The molecule has 0 radical (unpaired) electrons. The number of carbonyl (C=O) groups is 1. The zero-order valence-corrected chi connectivity index (χ0v) is 16.4. The summed E-state index contributed by atoms with van der Waals surface area (Å²) in [6, 6.07) is 5.85. The maximum Gasteiger partial charge on any atom is 0.238 e. The van der Waals surface area contributed by atoms with E-state index in [9.17, 15) is 13.2 Å². The van der Waals surface area contributed by atoms with Gasteiger partial charge in [-0.15, -0.1) is 12.4 Å². The number of ether oxygens (including phenoxy) is 1. The normalized spacial score (nSPS) is 23.4. The van der Waals surface area contributed by atoms with Crippen LogP contribution < -0.4 is 15.4 Å². The molecule has 0 bridgehead atoms. The zero-order valence-electron chi connectivity index (χ0n) is 14.0. The van der Waals surface area contributed by atoms with Gasteiger partial charge in [0.05, 0.1) is 34.4 Å². The van der Waals surface area contributed by atoms with Gasteiger partial charge in [0, 0.05) is 12.6 Å². The van der Waals surface area contributed by atoms with Crippen molar-refractivity contribution in [1.29, 1.82) is 5.26 Å². The van der Waals surface area contributed by atoms with Crippen LogP contribution in [-0.4, -0.2) is 44.8 Å². The average molecular weight is 420 g/mol. The summed E-state index contributed by atoms with van der Waals surface area (Å²) in [7, 11) is -2.22. The van der Waals surface area contributed by atoms with Crippen LogP contribution >= 0.6 is 24.0 Å². The molecule has 0 aromatic heterocycles. The smallest absolute Gasteiger partial charge is 0.238 e. The number of sulfone groups is 1. The third kappa shape index (κ3) is 3.91. The summed E-state index contributed by atoms with van der Waals surface area (Å²) in [5, 5.41) is 14.0. The molecule has 1 aromatic rings. The number of hydrogen-bond acceptors (Lipinski definition) is 6. The predicted molar refractivity (Wildman–Crippen MR) is 98.4 cm³/mol. The molecule has 2 aliphatic rings. The molecule has 142 valence electrons. The summed E-state index contributed by atoms with van der Waals surface area (Å²) < 4.78 is 30.7. The lowest BCUT2D eigenvalue weighted by atomic mass is 10.2. The van der Waals surface area contributed by atoms with Crippen LogP contribution in [-0.2, 0) is 14.6 Å². The highest BCUT2D eigenvalue weighted by Crippen LogP contribution is 2.35. The number of nitriles is 1. The SMILES string of the molecule is COc1ccc(S(=O)(=O)[C@H]2CN[C@H](C(=O)NC3(C#N)CC3)C2)c(Cl)c1.Cl. The molecule has 2 atom stereocenters. The van der Waals surface area contributed by atoms with Crippen molar-refractivity contribution in [2.45, 2.75) is 41.0 Å². The molecule has 1 amide bonds. The second kappa shape index (κ2) is 7.61. The van der Waals surface area contributed by atoms with E-state index in [0.717, 1.165) is 0 Å². The van der Waals surface area contributed by atoms with E-state index < -0.39 is 26.7 Å². The van der Waals surface area contributed by atoms with Crippen molar-refractivity contribution in [2.75, 3.05) is 13.7 Å². The van der Waals surface area contributed by atoms with Gasteiger partial charge in [0.1, 0.15) is 11.3 Å². The number of carbonyl (C=O) groups excluding carboxylic acids is 1. The van der Waals surface area contributed by atoms with E-state index in [1.54, 1.807) is 0 Å². The first-order valence-electron chi connectivity index (χ1n) is 7.85. The van der Waals surface area contributed by atoms with Gasteiger partial charge in [0.15, 0.2) is 9.84 Å². The summed E-state index contributed by atoms with van der Waals surface area (Å²) in [6.07, 6.45) is 1.40. The summed E-state index contributed by atoms with van der Waals surface area (Å²) in [6.45, 7) is 0.155. The minimum atomic E-state index is -3.69. The van der Waals surface area contributed by atoms with Crippen LogP contribution in [0.3, 0.4) is 0 Å². The van der Waals surface area contributed by atoms with Crippen LogP contribution in [0.25, 0.3) is 0 Å². The highest BCUT2D eigenvalue weighted by molar-refractivity contribution is 7.92. The fourth-order valence-corrected chi connectivity index (χ4v) is 5.07. The largest absolute Gasteiger partial charge is 0.497 e. The Hall–Kier alpha value is -1.53. The Bertz CT molecular complexity index is 850. The molecule has 0 spiro atoms. The van der Waals surface area contributed by atoms with Gasteiger partial charge in [-0.1, -0.05) is 11.6 Å². The van der Waals surface area contributed by atoms with Gasteiger partial charge < -0.3 is 15.4 Å². The number of nitrogens with zero attached hydrogens (tertiary/aromatic N) is 1. The minimum Gasteiger partial charge on any atom is -0.497 e. The van der Waals surface area contributed by atoms with E-state index in [2.05, 4.69) is 16.7 Å². The quantitative estimate of drug-likeness (QED) is 0.747. The number of amides is 1. The van der Waals surface area contributed by atoms with Gasteiger partial charge in [-0.3, -0.25) is 4.79 Å². The lowest BCUT2D eigenvalue weighted by Crippen LogP contribution is -2.45. The number of methoxy groups -OCH3 is 1. The highest BCUT2D eigenvalue weighted by Gasteiger charge is 2.47. The summed E-state index contributed by atoms with van der Waals surface area (Å²) >= 11 is 6.09. The minimum absolute atomic E-state index is 0. The van der Waals surface area contributed by atoms with E-state index >= 15 is 0 Å². The van der Waals surface area contributed by atoms with Gasteiger partial charge in [-0.25, -0.2) is 8.42 Å². The van der Waals surface area contributed by atoms with Gasteiger partial charge in [-0.2, -0.15) is 5.26 Å². The van der Waals surface area contributed by atoms with Crippen LogP contribution in [0.5, 0.6) is 5.75 Å². The van der Waals surface area contributed by atoms with Crippen LogP contribution in [0.2, 0.25) is 5.02 Å². The fraction of sp³-hybridized carbons (Fsp3) is 0.500. The van der Waals surface area contributed by atoms with Crippen LogP contribution in [0, 0.1) is 11.3 Å². The molecule has 2 N–H and O–H groups in total. The molecule has 0 unspecified atom stereocenters. The Balaban J connectivity index is 0.00000243. The fourth-order valence-electron chi connectivity index (χ4n) is 2.87. The highest BCUT2D eigenvalue weighted by atomic mass is 35.5. The molecule has 10 heteroatoms.